The molecule has 5 nitrogen and oxygen atoms in total. The molecule has 2 aromatic rings. The third-order valence-corrected chi connectivity index (χ3v) is 7.79. The lowest BCUT2D eigenvalue weighted by Crippen LogP contribution is -2.51. The molecule has 3 fully saturated rings. The van der Waals surface area contributed by atoms with Gasteiger partial charge in [0.25, 0.3) is 5.91 Å². The first-order chi connectivity index (χ1) is 15.6. The van der Waals surface area contributed by atoms with Crippen molar-refractivity contribution in [1.29, 1.82) is 5.26 Å². The van der Waals surface area contributed by atoms with Crippen molar-refractivity contribution in [2.24, 2.45) is 17.8 Å². The van der Waals surface area contributed by atoms with E-state index in [2.05, 4.69) is 22.4 Å². The number of carbonyl (C=O) groups is 1. The molecule has 0 spiro atoms. The van der Waals surface area contributed by atoms with E-state index in [0.29, 0.717) is 23.0 Å². The van der Waals surface area contributed by atoms with Crippen molar-refractivity contribution in [2.45, 2.75) is 50.3 Å². The Hall–Kier alpha value is -2.68. The molecule has 0 bridgehead atoms. The second-order valence-corrected chi connectivity index (χ2v) is 9.80. The fourth-order valence-corrected chi connectivity index (χ4v) is 5.98. The molecule has 2 aromatic carbocycles. The van der Waals surface area contributed by atoms with Gasteiger partial charge in [0.2, 0.25) is 0 Å². The number of carbonyl (C=O) groups excluding carboxylic acids is 1. The van der Waals surface area contributed by atoms with Gasteiger partial charge in [-0.3, -0.25) is 9.69 Å². The number of hydrogen-bond donors (Lipinski definition) is 2. The van der Waals surface area contributed by atoms with Crippen LogP contribution < -0.4 is 5.32 Å². The Morgan fingerprint density at radius 3 is 2.47 bits per heavy atom. The maximum atomic E-state index is 13.5. The standard InChI is InChI=1S/C27H31N3O2/c28-15-19-8-7-9-20(14-19)16-30-17-23-24(18-30)25(23)29-26(31)27(32,21-10-3-1-4-11-21)22-12-5-2-6-13-22/h1,3-4,7-11,14,22-25,32H,2,5-6,12-13,16-18H2,(H,29,31). The molecule has 3 atom stereocenters. The Kier molecular flexibility index (Phi) is 5.75. The first-order valence-corrected chi connectivity index (χ1v) is 11.9. The fraction of sp³-hybridized carbons (Fsp3) is 0.481. The number of likely N-dealkylation sites (tertiary alicyclic amines) is 1. The summed E-state index contributed by atoms with van der Waals surface area (Å²) in [6.07, 6.45) is 5.12. The van der Waals surface area contributed by atoms with Gasteiger partial charge in [0.1, 0.15) is 0 Å². The molecule has 5 rings (SSSR count). The molecule has 0 aromatic heterocycles. The Balaban J connectivity index is 1.23. The summed E-state index contributed by atoms with van der Waals surface area (Å²) in [4.78, 5) is 15.9. The quantitative estimate of drug-likeness (QED) is 0.736. The molecule has 1 heterocycles. The fourth-order valence-electron chi connectivity index (χ4n) is 5.98. The molecule has 3 unspecified atom stereocenters. The van der Waals surface area contributed by atoms with E-state index in [0.717, 1.165) is 50.9 Å². The minimum atomic E-state index is -1.45. The molecule has 1 amide bonds. The van der Waals surface area contributed by atoms with Crippen LogP contribution in [0.5, 0.6) is 0 Å². The van der Waals surface area contributed by atoms with Crippen LogP contribution in [0, 0.1) is 29.1 Å². The molecule has 166 valence electrons. The van der Waals surface area contributed by atoms with Crippen molar-refractivity contribution in [3.05, 3.63) is 71.3 Å². The predicted molar refractivity (Wildman–Crippen MR) is 122 cm³/mol. The first-order valence-electron chi connectivity index (χ1n) is 11.9. The summed E-state index contributed by atoms with van der Waals surface area (Å²) in [5, 5.41) is 24.1. The van der Waals surface area contributed by atoms with Crippen LogP contribution >= 0.6 is 0 Å². The number of amides is 1. The average molecular weight is 430 g/mol. The number of rotatable bonds is 6. The monoisotopic (exact) mass is 429 g/mol. The van der Waals surface area contributed by atoms with E-state index in [-0.39, 0.29) is 17.9 Å². The SMILES string of the molecule is N#Cc1cccc(CN2CC3C(C2)C3NC(=O)C(O)(c2ccccc2)C2CCCCC2)c1. The number of nitriles is 1. The lowest BCUT2D eigenvalue weighted by molar-refractivity contribution is -0.149. The van der Waals surface area contributed by atoms with Gasteiger partial charge in [-0.15, -0.1) is 0 Å². The van der Waals surface area contributed by atoms with Gasteiger partial charge in [-0.25, -0.2) is 0 Å². The van der Waals surface area contributed by atoms with Gasteiger partial charge in [0.15, 0.2) is 5.60 Å². The van der Waals surface area contributed by atoms with Gasteiger partial charge in [0, 0.05) is 31.6 Å². The van der Waals surface area contributed by atoms with Crippen LogP contribution in [0.1, 0.15) is 48.8 Å². The topological polar surface area (TPSA) is 76.4 Å². The van der Waals surface area contributed by atoms with E-state index in [1.807, 2.05) is 48.5 Å². The van der Waals surface area contributed by atoms with Gasteiger partial charge in [-0.05, 0) is 47.9 Å². The van der Waals surface area contributed by atoms with Crippen LogP contribution in [-0.2, 0) is 16.9 Å². The third kappa shape index (κ3) is 3.94. The number of piperidine rings is 1. The van der Waals surface area contributed by atoms with Crippen LogP contribution in [0.15, 0.2) is 54.6 Å². The first kappa shape index (κ1) is 21.2. The van der Waals surface area contributed by atoms with Crippen molar-refractivity contribution in [2.75, 3.05) is 13.1 Å². The summed E-state index contributed by atoms with van der Waals surface area (Å²) in [5.74, 6) is 0.651. The maximum Gasteiger partial charge on any atom is 0.257 e. The molecule has 1 saturated heterocycles. The highest BCUT2D eigenvalue weighted by molar-refractivity contribution is 5.87. The normalized spacial score (nSPS) is 27.2. The summed E-state index contributed by atoms with van der Waals surface area (Å²) in [5.41, 5.74) is 1.12. The second kappa shape index (κ2) is 8.69. The minimum absolute atomic E-state index is 0.0267. The minimum Gasteiger partial charge on any atom is -0.375 e. The van der Waals surface area contributed by atoms with Crippen molar-refractivity contribution in [3.63, 3.8) is 0 Å². The van der Waals surface area contributed by atoms with E-state index in [1.165, 1.54) is 6.42 Å². The Morgan fingerprint density at radius 2 is 1.78 bits per heavy atom. The lowest BCUT2D eigenvalue weighted by Gasteiger charge is -2.38. The maximum absolute atomic E-state index is 13.5. The summed E-state index contributed by atoms with van der Waals surface area (Å²) >= 11 is 0. The number of fused-ring (bicyclic) bond motifs is 1. The number of nitrogens with zero attached hydrogens (tertiary/aromatic N) is 2. The predicted octanol–water partition coefficient (Wildman–Crippen LogP) is 3.57. The highest BCUT2D eigenvalue weighted by Gasteiger charge is 2.58. The smallest absolute Gasteiger partial charge is 0.257 e. The van der Waals surface area contributed by atoms with Gasteiger partial charge in [-0.1, -0.05) is 61.7 Å². The highest BCUT2D eigenvalue weighted by Crippen LogP contribution is 2.47. The van der Waals surface area contributed by atoms with Crippen molar-refractivity contribution in [1.82, 2.24) is 10.2 Å². The number of benzene rings is 2. The van der Waals surface area contributed by atoms with E-state index in [1.54, 1.807) is 0 Å². The van der Waals surface area contributed by atoms with Crippen molar-refractivity contribution in [3.8, 4) is 6.07 Å². The zero-order chi connectivity index (χ0) is 22.1. The molecule has 5 heteroatoms. The van der Waals surface area contributed by atoms with Crippen molar-refractivity contribution < 1.29 is 9.90 Å². The third-order valence-electron chi connectivity index (χ3n) is 7.79. The van der Waals surface area contributed by atoms with E-state index < -0.39 is 5.60 Å². The molecule has 2 N–H and O–H groups in total. The Morgan fingerprint density at radius 1 is 1.06 bits per heavy atom. The van der Waals surface area contributed by atoms with Gasteiger partial charge >= 0.3 is 0 Å². The zero-order valence-electron chi connectivity index (χ0n) is 18.4. The summed E-state index contributed by atoms with van der Waals surface area (Å²) in [7, 11) is 0. The summed E-state index contributed by atoms with van der Waals surface area (Å²) in [6.45, 7) is 2.72. The van der Waals surface area contributed by atoms with Crippen LogP contribution in [-0.4, -0.2) is 35.0 Å². The molecule has 3 aliphatic rings. The van der Waals surface area contributed by atoms with E-state index in [4.69, 9.17) is 5.26 Å². The summed E-state index contributed by atoms with van der Waals surface area (Å²) in [6, 6.07) is 19.6. The number of aliphatic hydroxyl groups is 1. The average Bonchev–Trinajstić information content (AvgIpc) is 3.28. The van der Waals surface area contributed by atoms with Crippen LogP contribution in [0.25, 0.3) is 0 Å². The van der Waals surface area contributed by atoms with Crippen LogP contribution in [0.4, 0.5) is 0 Å². The Bertz CT molecular complexity index is 999. The molecule has 2 aliphatic carbocycles. The molecular weight excluding hydrogens is 398 g/mol. The van der Waals surface area contributed by atoms with Crippen molar-refractivity contribution >= 4 is 5.91 Å². The van der Waals surface area contributed by atoms with Crippen LogP contribution in [0.2, 0.25) is 0 Å². The molecule has 32 heavy (non-hydrogen) atoms. The van der Waals surface area contributed by atoms with Gasteiger partial charge in [-0.2, -0.15) is 5.26 Å². The van der Waals surface area contributed by atoms with Crippen LogP contribution in [0.3, 0.4) is 0 Å². The number of nitrogens with one attached hydrogen (secondary N) is 1. The largest absolute Gasteiger partial charge is 0.375 e. The molecule has 2 saturated carbocycles. The lowest BCUT2D eigenvalue weighted by atomic mass is 9.73. The van der Waals surface area contributed by atoms with Gasteiger partial charge in [0.05, 0.1) is 11.6 Å². The molecule has 1 aliphatic heterocycles. The van der Waals surface area contributed by atoms with Gasteiger partial charge < -0.3 is 10.4 Å². The van der Waals surface area contributed by atoms with E-state index >= 15 is 0 Å². The molecule has 0 radical (unpaired) electrons. The summed E-state index contributed by atoms with van der Waals surface area (Å²) < 4.78 is 0. The Labute approximate surface area is 190 Å². The number of hydrogen-bond acceptors (Lipinski definition) is 4. The van der Waals surface area contributed by atoms with E-state index in [9.17, 15) is 9.90 Å². The second-order valence-electron chi connectivity index (χ2n) is 9.80. The zero-order valence-corrected chi connectivity index (χ0v) is 18.4. The molecular formula is C27H31N3O2. The highest BCUT2D eigenvalue weighted by atomic mass is 16.3.